The maximum Gasteiger partial charge on any atom is 0.269 e. The number of nitrogens with zero attached hydrogens (tertiary/aromatic N) is 5. The van der Waals surface area contributed by atoms with Crippen LogP contribution < -0.4 is 4.57 Å². The molecule has 4 aromatic rings. The van der Waals surface area contributed by atoms with Crippen LogP contribution in [0.4, 0.5) is 0 Å². The van der Waals surface area contributed by atoms with E-state index in [2.05, 4.69) is 49.9 Å². The van der Waals surface area contributed by atoms with E-state index in [4.69, 9.17) is 0 Å². The lowest BCUT2D eigenvalue weighted by molar-refractivity contribution is -0.636. The van der Waals surface area contributed by atoms with Crippen LogP contribution in [0.3, 0.4) is 0 Å². The lowest BCUT2D eigenvalue weighted by Crippen LogP contribution is -2.31. The summed E-state index contributed by atoms with van der Waals surface area (Å²) in [5.74, 6) is 1.25. The molecular weight excluding hydrogens is 262 g/mol. The Bertz CT molecular complexity index is 1040. The number of rotatable bonds is 0. The highest BCUT2D eigenvalue weighted by Crippen LogP contribution is 2.36. The van der Waals surface area contributed by atoms with Crippen LogP contribution in [0.15, 0.2) is 36.9 Å². The quantitative estimate of drug-likeness (QED) is 0.404. The molecule has 0 aliphatic carbocycles. The van der Waals surface area contributed by atoms with Crippen LogP contribution in [0.5, 0.6) is 0 Å². The first-order valence-electron chi connectivity index (χ1n) is 7.01. The zero-order valence-corrected chi connectivity index (χ0v) is 11.9. The van der Waals surface area contributed by atoms with E-state index in [0.717, 1.165) is 6.54 Å². The molecule has 0 spiro atoms. The molecule has 5 rings (SSSR count). The number of fused-ring (bicyclic) bond motifs is 7. The van der Waals surface area contributed by atoms with Crippen molar-refractivity contribution in [3.8, 4) is 11.4 Å². The van der Waals surface area contributed by atoms with E-state index in [0.29, 0.717) is 0 Å². The van der Waals surface area contributed by atoms with Crippen molar-refractivity contribution >= 4 is 22.1 Å². The van der Waals surface area contributed by atoms with Gasteiger partial charge < -0.3 is 0 Å². The van der Waals surface area contributed by atoms with Gasteiger partial charge in [-0.2, -0.15) is 0 Å². The van der Waals surface area contributed by atoms with E-state index in [-0.39, 0.29) is 0 Å². The highest BCUT2D eigenvalue weighted by atomic mass is 15.2. The topological polar surface area (TPSA) is 39.5 Å². The van der Waals surface area contributed by atoms with Crippen LogP contribution in [0, 0.1) is 0 Å². The summed E-state index contributed by atoms with van der Waals surface area (Å²) in [6.45, 7) is 0.879. The molecule has 21 heavy (non-hydrogen) atoms. The standard InChI is InChI=1S/C16H14N5/c1-19-13-4-6-18-8-12(13)14-16(19)20(2)15-11-3-5-17-7-10(11)9-21(14)15/h3-8H,9H2,1-2H3/q+1. The fourth-order valence-electron chi connectivity index (χ4n) is 3.71. The highest BCUT2D eigenvalue weighted by Gasteiger charge is 2.34. The van der Waals surface area contributed by atoms with Gasteiger partial charge in [0.1, 0.15) is 5.52 Å². The van der Waals surface area contributed by atoms with Gasteiger partial charge in [-0.3, -0.25) is 14.5 Å². The lowest BCUT2D eigenvalue weighted by atomic mass is 10.2. The number of pyridine rings is 2. The van der Waals surface area contributed by atoms with Gasteiger partial charge in [0.25, 0.3) is 5.65 Å². The van der Waals surface area contributed by atoms with E-state index in [1.807, 2.05) is 24.8 Å². The molecule has 0 amide bonds. The highest BCUT2D eigenvalue weighted by molar-refractivity contribution is 6.04. The molecule has 4 aromatic heterocycles. The third-order valence-electron chi connectivity index (χ3n) is 4.58. The van der Waals surface area contributed by atoms with E-state index >= 15 is 0 Å². The molecule has 0 aromatic carbocycles. The van der Waals surface area contributed by atoms with Crippen LogP contribution in [-0.2, 0) is 20.6 Å². The van der Waals surface area contributed by atoms with Crippen LogP contribution in [0.25, 0.3) is 33.5 Å². The Morgan fingerprint density at radius 1 is 1.14 bits per heavy atom. The molecule has 0 saturated heterocycles. The summed E-state index contributed by atoms with van der Waals surface area (Å²) in [6, 6.07) is 4.18. The predicted octanol–water partition coefficient (Wildman–Crippen LogP) is 1.78. The van der Waals surface area contributed by atoms with Crippen molar-refractivity contribution in [2.75, 3.05) is 0 Å². The predicted molar refractivity (Wildman–Crippen MR) is 79.7 cm³/mol. The third kappa shape index (κ3) is 1.15. The normalized spacial score (nSPS) is 13.0. The maximum atomic E-state index is 4.31. The molecule has 5 nitrogen and oxygen atoms in total. The molecule has 0 unspecified atom stereocenters. The van der Waals surface area contributed by atoms with E-state index < -0.39 is 0 Å². The van der Waals surface area contributed by atoms with Crippen molar-refractivity contribution in [1.29, 1.82) is 0 Å². The zero-order valence-electron chi connectivity index (χ0n) is 11.9. The Kier molecular flexibility index (Phi) is 1.83. The summed E-state index contributed by atoms with van der Waals surface area (Å²) in [6.07, 6.45) is 7.65. The Morgan fingerprint density at radius 2 is 1.95 bits per heavy atom. The minimum Gasteiger partial charge on any atom is -0.264 e. The van der Waals surface area contributed by atoms with Gasteiger partial charge in [-0.25, -0.2) is 9.13 Å². The Morgan fingerprint density at radius 3 is 2.86 bits per heavy atom. The molecule has 0 radical (unpaired) electrons. The van der Waals surface area contributed by atoms with Gasteiger partial charge in [0, 0.05) is 30.4 Å². The van der Waals surface area contributed by atoms with Gasteiger partial charge in [-0.05, 0) is 12.1 Å². The first kappa shape index (κ1) is 11.0. The second-order valence-corrected chi connectivity index (χ2v) is 5.63. The molecule has 1 aliphatic heterocycles. The number of hydrogen-bond donors (Lipinski definition) is 0. The third-order valence-corrected chi connectivity index (χ3v) is 4.58. The summed E-state index contributed by atoms with van der Waals surface area (Å²) >= 11 is 0. The molecule has 1 aliphatic rings. The minimum atomic E-state index is 0.879. The fraction of sp³-hybridized carbons (Fsp3) is 0.188. The van der Waals surface area contributed by atoms with Crippen molar-refractivity contribution < 1.29 is 4.57 Å². The fourth-order valence-corrected chi connectivity index (χ4v) is 3.71. The second kappa shape index (κ2) is 3.49. The number of aromatic nitrogens is 5. The average molecular weight is 276 g/mol. The van der Waals surface area contributed by atoms with E-state index in [1.54, 1.807) is 0 Å². The van der Waals surface area contributed by atoms with Crippen LogP contribution in [0.1, 0.15) is 5.56 Å². The van der Waals surface area contributed by atoms with Gasteiger partial charge in [0.15, 0.2) is 5.52 Å². The second-order valence-electron chi connectivity index (χ2n) is 5.63. The van der Waals surface area contributed by atoms with Gasteiger partial charge >= 0.3 is 0 Å². The van der Waals surface area contributed by atoms with E-state index in [1.165, 1.54) is 39.0 Å². The SMILES string of the molecule is Cn1c2ccncc2c2c1[n+](C)c1n2Cc2cnccc2-1. The Labute approximate surface area is 121 Å². The molecule has 102 valence electrons. The van der Waals surface area contributed by atoms with Gasteiger partial charge in [0.2, 0.25) is 5.82 Å². The monoisotopic (exact) mass is 276 g/mol. The number of hydrogen-bond acceptors (Lipinski definition) is 2. The summed E-state index contributed by atoms with van der Waals surface area (Å²) in [4.78, 5) is 8.57. The van der Waals surface area contributed by atoms with Crippen molar-refractivity contribution in [3.63, 3.8) is 0 Å². The van der Waals surface area contributed by atoms with Gasteiger partial charge in [-0.1, -0.05) is 0 Å². The Hall–Kier alpha value is -2.69. The number of aryl methyl sites for hydroxylation is 2. The molecule has 5 heterocycles. The Balaban J connectivity index is 2.03. The molecule has 0 fully saturated rings. The summed E-state index contributed by atoms with van der Waals surface area (Å²) in [5.41, 5.74) is 6.27. The summed E-state index contributed by atoms with van der Waals surface area (Å²) in [5, 5.41) is 1.21. The molecule has 5 heteroatoms. The first-order chi connectivity index (χ1) is 10.3. The summed E-state index contributed by atoms with van der Waals surface area (Å²) < 4.78 is 6.91. The molecular formula is C16H14N5+. The maximum absolute atomic E-state index is 4.31. The minimum absolute atomic E-state index is 0.879. The van der Waals surface area contributed by atoms with Crippen LogP contribution in [0.2, 0.25) is 0 Å². The molecule has 0 atom stereocenters. The zero-order chi connectivity index (χ0) is 14.1. The van der Waals surface area contributed by atoms with Crippen molar-refractivity contribution in [2.24, 2.45) is 14.1 Å². The average Bonchev–Trinajstić information content (AvgIpc) is 3.11. The lowest BCUT2D eigenvalue weighted by Gasteiger charge is -1.98. The molecule has 0 N–H and O–H groups in total. The molecule has 0 saturated carbocycles. The summed E-state index contributed by atoms with van der Waals surface area (Å²) in [7, 11) is 4.25. The van der Waals surface area contributed by atoms with Crippen molar-refractivity contribution in [2.45, 2.75) is 6.54 Å². The van der Waals surface area contributed by atoms with Crippen LogP contribution in [-0.4, -0.2) is 19.1 Å². The largest absolute Gasteiger partial charge is 0.269 e. The molecule has 0 bridgehead atoms. The smallest absolute Gasteiger partial charge is 0.264 e. The van der Waals surface area contributed by atoms with Crippen LogP contribution >= 0.6 is 0 Å². The van der Waals surface area contributed by atoms with Crippen molar-refractivity contribution in [1.82, 2.24) is 19.1 Å². The van der Waals surface area contributed by atoms with Gasteiger partial charge in [0.05, 0.1) is 31.6 Å². The van der Waals surface area contributed by atoms with Gasteiger partial charge in [-0.15, -0.1) is 0 Å². The van der Waals surface area contributed by atoms with E-state index in [9.17, 15) is 0 Å². The van der Waals surface area contributed by atoms with Crippen molar-refractivity contribution in [3.05, 3.63) is 42.5 Å². The first-order valence-corrected chi connectivity index (χ1v) is 7.01. The number of imidazole rings is 1.